The molecule has 0 saturated heterocycles. The maximum absolute atomic E-state index is 12.1. The molecular weight excluding hydrogens is 492 g/mol. The van der Waals surface area contributed by atoms with Crippen LogP contribution in [0, 0.1) is 0 Å². The van der Waals surface area contributed by atoms with Crippen LogP contribution in [0.2, 0.25) is 5.02 Å². The number of benzene rings is 3. The molecule has 4 aromatic rings. The summed E-state index contributed by atoms with van der Waals surface area (Å²) in [4.78, 5) is 12.1. The smallest absolute Gasteiger partial charge is 0.250 e. The zero-order chi connectivity index (χ0) is 22.9. The number of hydrogen-bond acceptors (Lipinski definition) is 7. The Labute approximate surface area is 209 Å². The molecule has 1 heterocycles. The number of hydrazone groups is 1. The van der Waals surface area contributed by atoms with Gasteiger partial charge in [-0.2, -0.15) is 5.10 Å². The number of amides is 1. The molecule has 0 aliphatic rings. The van der Waals surface area contributed by atoms with E-state index in [9.17, 15) is 4.79 Å². The normalized spacial score (nSPS) is 11.1. The van der Waals surface area contributed by atoms with Gasteiger partial charge in [0.1, 0.15) is 0 Å². The predicted molar refractivity (Wildman–Crippen MR) is 139 cm³/mol. The topological polar surface area (TPSA) is 67.2 Å². The molecule has 0 fully saturated rings. The van der Waals surface area contributed by atoms with Crippen molar-refractivity contribution in [2.75, 3.05) is 5.75 Å². The Morgan fingerprint density at radius 2 is 1.58 bits per heavy atom. The van der Waals surface area contributed by atoms with Gasteiger partial charge in [-0.25, -0.2) is 5.43 Å². The Hall–Kier alpha value is -2.65. The summed E-state index contributed by atoms with van der Waals surface area (Å²) >= 11 is 10.3. The molecule has 33 heavy (non-hydrogen) atoms. The van der Waals surface area contributed by atoms with E-state index >= 15 is 0 Å². The minimum atomic E-state index is -0.192. The van der Waals surface area contributed by atoms with E-state index < -0.39 is 0 Å². The largest absolute Gasteiger partial charge is 0.272 e. The fourth-order valence-electron chi connectivity index (χ4n) is 2.77. The number of hydrogen-bond donors (Lipinski definition) is 1. The lowest BCUT2D eigenvalue weighted by molar-refractivity contribution is -0.118. The standard InChI is InChI=1S/C24H19ClN4OS3/c25-21-12-8-18(9-13-21)15-31-23-28-29-24(33-23)32-16-22(30)27-26-14-17-6-10-20(11-7-17)19-4-2-1-3-5-19/h1-14H,15-16H2,(H,27,30)/b26-14-. The van der Waals surface area contributed by atoms with Crippen LogP contribution in [0.5, 0.6) is 0 Å². The molecule has 4 rings (SSSR count). The van der Waals surface area contributed by atoms with Crippen molar-refractivity contribution in [3.63, 3.8) is 0 Å². The van der Waals surface area contributed by atoms with E-state index in [1.807, 2.05) is 66.7 Å². The van der Waals surface area contributed by atoms with Crippen molar-refractivity contribution in [3.8, 4) is 11.1 Å². The molecule has 1 N–H and O–H groups in total. The Kier molecular flexibility index (Phi) is 8.54. The zero-order valence-electron chi connectivity index (χ0n) is 17.3. The highest BCUT2D eigenvalue weighted by Gasteiger charge is 2.08. The van der Waals surface area contributed by atoms with Gasteiger partial charge in [0.2, 0.25) is 0 Å². The van der Waals surface area contributed by atoms with Crippen LogP contribution in [-0.4, -0.2) is 28.1 Å². The molecule has 0 unspecified atom stereocenters. The molecule has 0 aliphatic heterocycles. The van der Waals surface area contributed by atoms with Crippen LogP contribution in [0.4, 0.5) is 0 Å². The molecule has 3 aromatic carbocycles. The molecule has 1 aromatic heterocycles. The van der Waals surface area contributed by atoms with E-state index in [0.717, 1.165) is 36.1 Å². The van der Waals surface area contributed by atoms with Gasteiger partial charge in [0.15, 0.2) is 8.68 Å². The van der Waals surface area contributed by atoms with E-state index in [0.29, 0.717) is 0 Å². The highest BCUT2D eigenvalue weighted by Crippen LogP contribution is 2.30. The van der Waals surface area contributed by atoms with Crippen molar-refractivity contribution in [3.05, 3.63) is 95.0 Å². The molecule has 0 atom stereocenters. The number of aromatic nitrogens is 2. The van der Waals surface area contributed by atoms with Crippen LogP contribution in [0.15, 0.2) is 92.6 Å². The minimum absolute atomic E-state index is 0.192. The van der Waals surface area contributed by atoms with E-state index in [2.05, 4.69) is 32.9 Å². The SMILES string of the molecule is O=C(CSc1nnc(SCc2ccc(Cl)cc2)s1)N/N=C\c1ccc(-c2ccccc2)cc1. The van der Waals surface area contributed by atoms with Gasteiger partial charge in [0.05, 0.1) is 12.0 Å². The van der Waals surface area contributed by atoms with Gasteiger partial charge >= 0.3 is 0 Å². The van der Waals surface area contributed by atoms with Gasteiger partial charge in [0, 0.05) is 10.8 Å². The van der Waals surface area contributed by atoms with Crippen molar-refractivity contribution >= 4 is 58.6 Å². The van der Waals surface area contributed by atoms with Crippen molar-refractivity contribution in [1.29, 1.82) is 0 Å². The second kappa shape index (κ2) is 12.0. The van der Waals surface area contributed by atoms with E-state index in [1.54, 1.807) is 18.0 Å². The molecule has 1 amide bonds. The number of nitrogens with one attached hydrogen (secondary N) is 1. The van der Waals surface area contributed by atoms with Gasteiger partial charge in [-0.1, -0.05) is 113 Å². The summed E-state index contributed by atoms with van der Waals surface area (Å²) in [6.45, 7) is 0. The van der Waals surface area contributed by atoms with Crippen LogP contribution in [0.3, 0.4) is 0 Å². The fraction of sp³-hybridized carbons (Fsp3) is 0.0833. The number of nitrogens with zero attached hydrogens (tertiary/aromatic N) is 3. The Morgan fingerprint density at radius 3 is 2.30 bits per heavy atom. The maximum atomic E-state index is 12.1. The molecule has 0 radical (unpaired) electrons. The first kappa shape index (κ1) is 23.5. The lowest BCUT2D eigenvalue weighted by Gasteiger charge is -2.02. The number of halogens is 1. The van der Waals surface area contributed by atoms with Gasteiger partial charge in [-0.3, -0.25) is 4.79 Å². The second-order valence-electron chi connectivity index (χ2n) is 6.82. The molecule has 0 spiro atoms. The lowest BCUT2D eigenvalue weighted by atomic mass is 10.0. The Bertz CT molecular complexity index is 1210. The highest BCUT2D eigenvalue weighted by atomic mass is 35.5. The van der Waals surface area contributed by atoms with E-state index in [1.165, 1.54) is 28.7 Å². The molecule has 5 nitrogen and oxygen atoms in total. The van der Waals surface area contributed by atoms with Crippen molar-refractivity contribution in [2.45, 2.75) is 14.4 Å². The third-order valence-electron chi connectivity index (χ3n) is 4.41. The summed E-state index contributed by atoms with van der Waals surface area (Å²) in [6, 6.07) is 25.9. The van der Waals surface area contributed by atoms with Crippen LogP contribution < -0.4 is 5.43 Å². The van der Waals surface area contributed by atoms with Crippen LogP contribution in [0.25, 0.3) is 11.1 Å². The molecule has 9 heteroatoms. The summed E-state index contributed by atoms with van der Waals surface area (Å²) in [5, 5.41) is 13.1. The summed E-state index contributed by atoms with van der Waals surface area (Å²) in [5.41, 5.74) is 6.93. The summed E-state index contributed by atoms with van der Waals surface area (Å²) in [6.07, 6.45) is 1.63. The van der Waals surface area contributed by atoms with Gasteiger partial charge in [0.25, 0.3) is 5.91 Å². The first-order valence-electron chi connectivity index (χ1n) is 9.97. The Balaban J connectivity index is 1.19. The number of rotatable bonds is 9. The van der Waals surface area contributed by atoms with Crippen LogP contribution >= 0.6 is 46.5 Å². The van der Waals surface area contributed by atoms with Gasteiger partial charge in [-0.05, 0) is 34.4 Å². The molecule has 0 saturated carbocycles. The third kappa shape index (κ3) is 7.43. The molecular formula is C24H19ClN4OS3. The molecule has 0 bridgehead atoms. The van der Waals surface area contributed by atoms with Crippen LogP contribution in [-0.2, 0) is 10.5 Å². The van der Waals surface area contributed by atoms with Gasteiger partial charge in [-0.15, -0.1) is 10.2 Å². The fourth-order valence-corrected chi connectivity index (χ4v) is 5.66. The first-order chi connectivity index (χ1) is 16.2. The monoisotopic (exact) mass is 510 g/mol. The second-order valence-corrected chi connectivity index (χ2v) is 10.7. The first-order valence-corrected chi connectivity index (χ1v) is 13.1. The minimum Gasteiger partial charge on any atom is -0.272 e. The highest BCUT2D eigenvalue weighted by molar-refractivity contribution is 8.03. The van der Waals surface area contributed by atoms with Crippen LogP contribution in [0.1, 0.15) is 11.1 Å². The van der Waals surface area contributed by atoms with Crippen molar-refractivity contribution in [2.24, 2.45) is 5.10 Å². The average Bonchev–Trinajstić information content (AvgIpc) is 3.31. The predicted octanol–water partition coefficient (Wildman–Crippen LogP) is 6.39. The quantitative estimate of drug-likeness (QED) is 0.160. The maximum Gasteiger partial charge on any atom is 0.250 e. The lowest BCUT2D eigenvalue weighted by Crippen LogP contribution is -2.19. The molecule has 166 valence electrons. The number of carbonyl (C=O) groups is 1. The number of carbonyl (C=O) groups excluding carboxylic acids is 1. The zero-order valence-corrected chi connectivity index (χ0v) is 20.6. The summed E-state index contributed by atoms with van der Waals surface area (Å²) in [5.74, 6) is 0.821. The van der Waals surface area contributed by atoms with Crippen molar-refractivity contribution in [1.82, 2.24) is 15.6 Å². The number of thioether (sulfide) groups is 2. The average molecular weight is 511 g/mol. The summed E-state index contributed by atoms with van der Waals surface area (Å²) in [7, 11) is 0. The van der Waals surface area contributed by atoms with E-state index in [-0.39, 0.29) is 11.7 Å². The third-order valence-corrected chi connectivity index (χ3v) is 7.92. The van der Waals surface area contributed by atoms with E-state index in [4.69, 9.17) is 11.6 Å². The Morgan fingerprint density at radius 1 is 0.909 bits per heavy atom. The molecule has 0 aliphatic carbocycles. The van der Waals surface area contributed by atoms with Crippen molar-refractivity contribution < 1.29 is 4.79 Å². The van der Waals surface area contributed by atoms with Gasteiger partial charge < -0.3 is 0 Å². The summed E-state index contributed by atoms with van der Waals surface area (Å²) < 4.78 is 1.62.